The smallest absolute Gasteiger partial charge is 0.0352 e. The Kier molecular flexibility index (Phi) is 5.72. The lowest BCUT2D eigenvalue weighted by Crippen LogP contribution is -2.06. The van der Waals surface area contributed by atoms with E-state index in [2.05, 4.69) is 164 Å². The van der Waals surface area contributed by atoms with Gasteiger partial charge < -0.3 is 0 Å². The van der Waals surface area contributed by atoms with Crippen LogP contribution in [0.2, 0.25) is 0 Å². The van der Waals surface area contributed by atoms with Crippen LogP contribution in [0, 0.1) is 0 Å². The molecule has 0 bridgehead atoms. The van der Waals surface area contributed by atoms with Crippen LogP contribution in [0.4, 0.5) is 0 Å². The van der Waals surface area contributed by atoms with Gasteiger partial charge in [-0.1, -0.05) is 115 Å². The van der Waals surface area contributed by atoms with Crippen LogP contribution >= 0.6 is 10.0 Å². The summed E-state index contributed by atoms with van der Waals surface area (Å²) in [6.07, 6.45) is 0. The maximum Gasteiger partial charge on any atom is 0.0352 e. The van der Waals surface area contributed by atoms with Crippen molar-refractivity contribution in [3.8, 4) is 11.1 Å². The predicted molar refractivity (Wildman–Crippen MR) is 159 cm³/mol. The average molecular weight is 505 g/mol. The summed E-state index contributed by atoms with van der Waals surface area (Å²) in [7, 11) is -1.67. The van der Waals surface area contributed by atoms with Gasteiger partial charge in [0.2, 0.25) is 0 Å². The fraction of sp³-hybridized carbons (Fsp3) is 0.0270. The van der Waals surface area contributed by atoms with Gasteiger partial charge >= 0.3 is 0 Å². The highest BCUT2D eigenvalue weighted by molar-refractivity contribution is 8.34. The van der Waals surface area contributed by atoms with E-state index in [9.17, 15) is 0 Å². The first-order valence-corrected chi connectivity index (χ1v) is 14.8. The first-order valence-electron chi connectivity index (χ1n) is 13.1. The molecule has 182 valence electrons. The van der Waals surface area contributed by atoms with Gasteiger partial charge in [-0.05, 0) is 76.3 Å². The van der Waals surface area contributed by atoms with Crippen LogP contribution in [-0.2, 0) is 0 Å². The minimum absolute atomic E-state index is 0.256. The second-order valence-electron chi connectivity index (χ2n) is 9.73. The number of fused-ring (bicyclic) bond motifs is 3. The summed E-state index contributed by atoms with van der Waals surface area (Å²) in [5, 5.41) is 0. The molecule has 0 fully saturated rings. The average Bonchev–Trinajstić information content (AvgIpc) is 3.34. The molecule has 1 heteroatoms. The summed E-state index contributed by atoms with van der Waals surface area (Å²) < 4.78 is 0. The van der Waals surface area contributed by atoms with E-state index < -0.39 is 10.0 Å². The van der Waals surface area contributed by atoms with E-state index in [1.165, 1.54) is 47.4 Å². The Morgan fingerprint density at radius 3 is 1.08 bits per heavy atom. The van der Waals surface area contributed by atoms with Crippen molar-refractivity contribution in [3.63, 3.8) is 0 Å². The van der Waals surface area contributed by atoms with Crippen molar-refractivity contribution < 1.29 is 0 Å². The molecule has 0 heterocycles. The second kappa shape index (κ2) is 9.52. The monoisotopic (exact) mass is 504 g/mol. The molecule has 0 saturated heterocycles. The van der Waals surface area contributed by atoms with Gasteiger partial charge in [-0.15, -0.1) is 10.0 Å². The van der Waals surface area contributed by atoms with Gasteiger partial charge in [0.1, 0.15) is 0 Å². The lowest BCUT2D eigenvalue weighted by Gasteiger charge is -2.42. The Morgan fingerprint density at radius 2 is 0.658 bits per heavy atom. The lowest BCUT2D eigenvalue weighted by molar-refractivity contribution is 1.01. The number of hydrogen-bond donors (Lipinski definition) is 0. The molecule has 6 aromatic rings. The van der Waals surface area contributed by atoms with Crippen molar-refractivity contribution in [1.82, 2.24) is 0 Å². The summed E-state index contributed by atoms with van der Waals surface area (Å²) in [4.78, 5) is 5.40. The van der Waals surface area contributed by atoms with Gasteiger partial charge in [0, 0.05) is 25.5 Å². The quantitative estimate of drug-likeness (QED) is 0.219. The third kappa shape index (κ3) is 3.55. The van der Waals surface area contributed by atoms with Crippen LogP contribution in [-0.4, -0.2) is 0 Å². The fourth-order valence-corrected chi connectivity index (χ4v) is 9.94. The van der Waals surface area contributed by atoms with Gasteiger partial charge in [0.25, 0.3) is 0 Å². The summed E-state index contributed by atoms with van der Waals surface area (Å²) >= 11 is 0. The van der Waals surface area contributed by atoms with Crippen LogP contribution < -0.4 is 0 Å². The van der Waals surface area contributed by atoms with Crippen LogP contribution in [0.25, 0.3) is 11.1 Å². The van der Waals surface area contributed by atoms with Crippen LogP contribution in [0.3, 0.4) is 0 Å². The maximum atomic E-state index is 2.39. The molecule has 0 amide bonds. The summed E-state index contributed by atoms with van der Waals surface area (Å²) in [5.74, 6) is 0.256. The highest BCUT2D eigenvalue weighted by atomic mass is 32.3. The maximum absolute atomic E-state index is 2.39. The van der Waals surface area contributed by atoms with Gasteiger partial charge in [0.05, 0.1) is 0 Å². The zero-order chi connectivity index (χ0) is 25.4. The highest BCUT2D eigenvalue weighted by Gasteiger charge is 2.34. The molecule has 1 aliphatic carbocycles. The molecule has 0 spiro atoms. The largest absolute Gasteiger partial charge is 0.133 e. The standard InChI is InChI=1S/C37H28S/c1-4-14-29(15-5-1)38(30-16-6-2-7-17-30,31-18-8-3-9-19-31)32-26-24-28(25-27-32)37-35-22-12-10-20-33(35)34-21-11-13-23-36(34)37/h1-27,37H. The molecule has 0 N–H and O–H groups in total. The summed E-state index contributed by atoms with van der Waals surface area (Å²) in [5.41, 5.74) is 6.85. The van der Waals surface area contributed by atoms with E-state index in [1.807, 2.05) is 0 Å². The molecule has 0 aromatic heterocycles. The van der Waals surface area contributed by atoms with Gasteiger partial charge in [-0.2, -0.15) is 0 Å². The fourth-order valence-electron chi connectivity index (χ4n) is 6.07. The Hall–Kier alpha value is -4.33. The Bertz CT molecular complexity index is 1550. The van der Waals surface area contributed by atoms with E-state index in [1.54, 1.807) is 0 Å². The molecule has 1 aliphatic rings. The SMILES string of the molecule is c1ccc(S(c2ccccc2)(c2ccccc2)c2ccc(C3c4ccccc4-c4ccccc43)cc2)cc1. The zero-order valence-electron chi connectivity index (χ0n) is 21.1. The van der Waals surface area contributed by atoms with Crippen molar-refractivity contribution in [1.29, 1.82) is 0 Å². The minimum Gasteiger partial charge on any atom is -0.133 e. The van der Waals surface area contributed by atoms with Crippen molar-refractivity contribution in [3.05, 3.63) is 180 Å². The third-order valence-corrected chi connectivity index (χ3v) is 11.6. The molecule has 0 nitrogen and oxygen atoms in total. The molecule has 7 rings (SSSR count). The predicted octanol–water partition coefficient (Wildman–Crippen LogP) is 10.2. The van der Waals surface area contributed by atoms with Crippen molar-refractivity contribution in [2.24, 2.45) is 0 Å². The minimum atomic E-state index is -1.67. The van der Waals surface area contributed by atoms with E-state index in [0.29, 0.717) is 0 Å². The van der Waals surface area contributed by atoms with Gasteiger partial charge in [-0.25, -0.2) is 0 Å². The summed E-state index contributed by atoms with van der Waals surface area (Å²) in [6, 6.07) is 60.4. The van der Waals surface area contributed by atoms with Gasteiger partial charge in [0.15, 0.2) is 0 Å². The molecule has 38 heavy (non-hydrogen) atoms. The topological polar surface area (TPSA) is 0 Å². The van der Waals surface area contributed by atoms with E-state index in [-0.39, 0.29) is 5.92 Å². The summed E-state index contributed by atoms with van der Waals surface area (Å²) in [6.45, 7) is 0. The molecule has 0 aliphatic heterocycles. The molecule has 6 aromatic carbocycles. The molecular formula is C37H28S. The molecule has 0 radical (unpaired) electrons. The number of hydrogen-bond acceptors (Lipinski definition) is 0. The van der Waals surface area contributed by atoms with Crippen LogP contribution in [0.5, 0.6) is 0 Å². The van der Waals surface area contributed by atoms with Crippen LogP contribution in [0.1, 0.15) is 22.6 Å². The normalized spacial score (nSPS) is 13.1. The first kappa shape index (κ1) is 22.8. The number of benzene rings is 6. The Balaban J connectivity index is 1.44. The zero-order valence-corrected chi connectivity index (χ0v) is 21.9. The highest BCUT2D eigenvalue weighted by Crippen LogP contribution is 2.73. The second-order valence-corrected chi connectivity index (χ2v) is 12.8. The molecule has 0 unspecified atom stereocenters. The van der Waals surface area contributed by atoms with Crippen LogP contribution in [0.15, 0.2) is 183 Å². The first-order chi connectivity index (χ1) is 18.9. The Morgan fingerprint density at radius 1 is 0.316 bits per heavy atom. The van der Waals surface area contributed by atoms with E-state index in [4.69, 9.17) is 0 Å². The van der Waals surface area contributed by atoms with Crippen molar-refractivity contribution in [2.75, 3.05) is 0 Å². The van der Waals surface area contributed by atoms with E-state index >= 15 is 0 Å². The van der Waals surface area contributed by atoms with Gasteiger partial charge in [-0.3, -0.25) is 0 Å². The molecule has 0 saturated carbocycles. The third-order valence-electron chi connectivity index (χ3n) is 7.69. The Labute approximate surface area is 226 Å². The lowest BCUT2D eigenvalue weighted by atomic mass is 9.89. The molecular weight excluding hydrogens is 476 g/mol. The van der Waals surface area contributed by atoms with E-state index in [0.717, 1.165) is 0 Å². The van der Waals surface area contributed by atoms with Crippen molar-refractivity contribution in [2.45, 2.75) is 25.5 Å². The molecule has 0 atom stereocenters. The number of rotatable bonds is 5. The van der Waals surface area contributed by atoms with Crippen molar-refractivity contribution >= 4 is 10.0 Å².